The van der Waals surface area contributed by atoms with Crippen molar-refractivity contribution in [3.63, 3.8) is 0 Å². The predicted molar refractivity (Wildman–Crippen MR) is 132 cm³/mol. The Kier molecular flexibility index (Phi) is 7.44. The number of carboxylic acids is 1. The van der Waals surface area contributed by atoms with Gasteiger partial charge in [0.15, 0.2) is 0 Å². The first kappa shape index (κ1) is 24.8. The first-order chi connectivity index (χ1) is 16.8. The lowest BCUT2D eigenvalue weighted by molar-refractivity contribution is -0.137. The Balaban J connectivity index is 1.72. The third kappa shape index (κ3) is 5.50. The van der Waals surface area contributed by atoms with Crippen LogP contribution in [-0.4, -0.2) is 50.7 Å². The normalized spacial score (nSPS) is 12.8. The van der Waals surface area contributed by atoms with Crippen LogP contribution in [0.3, 0.4) is 0 Å². The fourth-order valence-electron chi connectivity index (χ4n) is 3.98. The van der Waals surface area contributed by atoms with Gasteiger partial charge in [0.05, 0.1) is 6.42 Å². The summed E-state index contributed by atoms with van der Waals surface area (Å²) >= 11 is 6.48. The molecule has 0 aliphatic carbocycles. The van der Waals surface area contributed by atoms with Crippen LogP contribution in [0.5, 0.6) is 0 Å². The van der Waals surface area contributed by atoms with Gasteiger partial charge in [-0.2, -0.15) is 19.7 Å². The third-order valence-electron chi connectivity index (χ3n) is 5.69. The maximum Gasteiger partial charge on any atom is 0.304 e. The van der Waals surface area contributed by atoms with Gasteiger partial charge in [0.2, 0.25) is 10.0 Å². The molecule has 2 N–H and O–H groups in total. The van der Waals surface area contributed by atoms with E-state index in [1.165, 1.54) is 22.8 Å². The summed E-state index contributed by atoms with van der Waals surface area (Å²) < 4.78 is 27.9. The number of nitrogens with zero attached hydrogens (tertiary/aromatic N) is 4. The number of benzene rings is 2. The smallest absolute Gasteiger partial charge is 0.304 e. The minimum atomic E-state index is -3.80. The minimum Gasteiger partial charge on any atom is -0.481 e. The Morgan fingerprint density at radius 3 is 2.57 bits per heavy atom. The second-order valence-corrected chi connectivity index (χ2v) is 10.4. The van der Waals surface area contributed by atoms with Crippen LogP contribution in [0.25, 0.3) is 11.0 Å². The van der Waals surface area contributed by atoms with Crippen LogP contribution >= 0.6 is 11.6 Å². The van der Waals surface area contributed by atoms with Gasteiger partial charge < -0.3 is 5.11 Å². The third-order valence-corrected chi connectivity index (χ3v) is 7.88. The summed E-state index contributed by atoms with van der Waals surface area (Å²) in [5, 5.41) is 20.7. The summed E-state index contributed by atoms with van der Waals surface area (Å²) in [7, 11) is -3.80. The van der Waals surface area contributed by atoms with Crippen LogP contribution in [0, 0.1) is 0 Å². The molecule has 0 aliphatic rings. The number of carboxylic acid groups (broad SMARTS) is 1. The summed E-state index contributed by atoms with van der Waals surface area (Å²) in [4.78, 5) is 15.8. The molecule has 0 fully saturated rings. The number of aromatic amines is 1. The average molecular weight is 514 g/mol. The zero-order valence-corrected chi connectivity index (χ0v) is 20.5. The van der Waals surface area contributed by atoms with Crippen molar-refractivity contribution in [2.24, 2.45) is 0 Å². The number of pyridine rings is 1. The monoisotopic (exact) mass is 513 g/mol. The molecule has 0 radical (unpaired) electrons. The van der Waals surface area contributed by atoms with Crippen molar-refractivity contribution in [2.45, 2.75) is 37.1 Å². The van der Waals surface area contributed by atoms with E-state index in [0.717, 1.165) is 5.56 Å². The number of carbonyl (C=O) groups is 1. The number of nitrogens with one attached hydrogen (secondary N) is 1. The second-order valence-electron chi connectivity index (χ2n) is 8.10. The molecule has 0 spiro atoms. The number of rotatable bonds is 10. The zero-order valence-electron chi connectivity index (χ0n) is 18.9. The molecule has 35 heavy (non-hydrogen) atoms. The molecule has 0 amide bonds. The van der Waals surface area contributed by atoms with Crippen molar-refractivity contribution < 1.29 is 18.3 Å². The summed E-state index contributed by atoms with van der Waals surface area (Å²) in [6, 6.07) is 13.7. The Bertz CT molecular complexity index is 1440. The highest BCUT2D eigenvalue weighted by Crippen LogP contribution is 2.33. The number of aliphatic carboxylic acids is 1. The van der Waals surface area contributed by atoms with E-state index in [0.29, 0.717) is 40.1 Å². The molecular weight excluding hydrogens is 490 g/mol. The highest BCUT2D eigenvalue weighted by Gasteiger charge is 2.26. The van der Waals surface area contributed by atoms with Gasteiger partial charge in [-0.15, -0.1) is 0 Å². The molecule has 0 aliphatic heterocycles. The highest BCUT2D eigenvalue weighted by atomic mass is 35.5. The standard InChI is InChI=1S/C24H24ClN5O4S/c1-2-10-30(35(33,34)19-4-3-9-26-14-19)15-18-11-16(5-7-21(18)25)20(13-24(31)32)17-6-8-22-23(12-17)28-29-27-22/h3-9,11-12,14,20H,2,10,13,15H2,1H3,(H,31,32)(H,27,28,29). The topological polar surface area (TPSA) is 129 Å². The van der Waals surface area contributed by atoms with Crippen LogP contribution in [-0.2, 0) is 21.4 Å². The zero-order chi connectivity index (χ0) is 25.0. The largest absolute Gasteiger partial charge is 0.481 e. The van der Waals surface area contributed by atoms with E-state index < -0.39 is 21.9 Å². The molecular formula is C24H24ClN5O4S. The molecule has 2 aromatic heterocycles. The summed E-state index contributed by atoms with van der Waals surface area (Å²) in [5.41, 5.74) is 3.36. The lowest BCUT2D eigenvalue weighted by Crippen LogP contribution is -2.31. The van der Waals surface area contributed by atoms with Gasteiger partial charge in [-0.25, -0.2) is 8.42 Å². The second kappa shape index (κ2) is 10.5. The number of hydrogen-bond acceptors (Lipinski definition) is 6. The fourth-order valence-corrected chi connectivity index (χ4v) is 5.63. The maximum atomic E-state index is 13.3. The highest BCUT2D eigenvalue weighted by molar-refractivity contribution is 7.89. The van der Waals surface area contributed by atoms with E-state index in [2.05, 4.69) is 20.4 Å². The van der Waals surface area contributed by atoms with E-state index in [4.69, 9.17) is 11.6 Å². The Hall–Kier alpha value is -3.34. The molecule has 9 nitrogen and oxygen atoms in total. The van der Waals surface area contributed by atoms with Crippen molar-refractivity contribution in [1.29, 1.82) is 0 Å². The summed E-state index contributed by atoms with van der Waals surface area (Å²) in [6.45, 7) is 2.23. The SMILES string of the molecule is CCCN(Cc1cc(C(CC(=O)O)c2ccc3n[nH]nc3c2)ccc1Cl)S(=O)(=O)c1cccnc1. The van der Waals surface area contributed by atoms with Gasteiger partial charge in [0.25, 0.3) is 0 Å². The van der Waals surface area contributed by atoms with Crippen LogP contribution in [0.1, 0.15) is 42.4 Å². The molecule has 2 heterocycles. The van der Waals surface area contributed by atoms with E-state index in [-0.39, 0.29) is 17.9 Å². The number of halogens is 1. The molecule has 11 heteroatoms. The van der Waals surface area contributed by atoms with Crippen molar-refractivity contribution in [2.75, 3.05) is 6.54 Å². The van der Waals surface area contributed by atoms with Crippen LogP contribution in [0.2, 0.25) is 5.02 Å². The molecule has 0 saturated heterocycles. The molecule has 1 unspecified atom stereocenters. The van der Waals surface area contributed by atoms with Gasteiger partial charge in [-0.1, -0.05) is 36.7 Å². The maximum absolute atomic E-state index is 13.3. The van der Waals surface area contributed by atoms with Crippen molar-refractivity contribution >= 4 is 38.6 Å². The van der Waals surface area contributed by atoms with Gasteiger partial charge in [0, 0.05) is 36.4 Å². The molecule has 4 rings (SSSR count). The first-order valence-electron chi connectivity index (χ1n) is 11.0. The summed E-state index contributed by atoms with van der Waals surface area (Å²) in [6.07, 6.45) is 3.29. The lowest BCUT2D eigenvalue weighted by Gasteiger charge is -2.23. The minimum absolute atomic E-state index is 0.0415. The molecule has 4 aromatic rings. The van der Waals surface area contributed by atoms with Crippen LogP contribution in [0.4, 0.5) is 0 Å². The first-order valence-corrected chi connectivity index (χ1v) is 12.8. The van der Waals surface area contributed by atoms with Crippen LogP contribution < -0.4 is 0 Å². The van der Waals surface area contributed by atoms with Gasteiger partial charge in [-0.05, 0) is 53.4 Å². The summed E-state index contributed by atoms with van der Waals surface area (Å²) in [5.74, 6) is -1.45. The number of aromatic nitrogens is 4. The molecule has 2 aromatic carbocycles. The molecule has 182 valence electrons. The molecule has 0 saturated carbocycles. The van der Waals surface area contributed by atoms with Gasteiger partial charge in [0.1, 0.15) is 15.9 Å². The molecule has 1 atom stereocenters. The van der Waals surface area contributed by atoms with Crippen molar-refractivity contribution in [1.82, 2.24) is 24.7 Å². The van der Waals surface area contributed by atoms with Crippen molar-refractivity contribution in [3.8, 4) is 0 Å². The predicted octanol–water partition coefficient (Wildman–Crippen LogP) is 4.21. The number of H-pyrrole nitrogens is 1. The fraction of sp³-hybridized carbons (Fsp3) is 0.250. The van der Waals surface area contributed by atoms with E-state index in [1.807, 2.05) is 13.0 Å². The average Bonchev–Trinajstić information content (AvgIpc) is 3.32. The van der Waals surface area contributed by atoms with E-state index >= 15 is 0 Å². The van der Waals surface area contributed by atoms with Crippen molar-refractivity contribution in [3.05, 3.63) is 82.6 Å². The van der Waals surface area contributed by atoms with E-state index in [1.54, 1.807) is 36.4 Å². The number of fused-ring (bicyclic) bond motifs is 1. The molecule has 0 bridgehead atoms. The lowest BCUT2D eigenvalue weighted by atomic mass is 9.87. The Labute approximate surface area is 207 Å². The van der Waals surface area contributed by atoms with Gasteiger partial charge >= 0.3 is 5.97 Å². The van der Waals surface area contributed by atoms with Crippen LogP contribution in [0.15, 0.2) is 65.8 Å². The van der Waals surface area contributed by atoms with Gasteiger partial charge in [-0.3, -0.25) is 9.78 Å². The number of hydrogen-bond donors (Lipinski definition) is 2. The van der Waals surface area contributed by atoms with E-state index in [9.17, 15) is 18.3 Å². The number of sulfonamides is 1. The Morgan fingerprint density at radius 1 is 1.11 bits per heavy atom. The Morgan fingerprint density at radius 2 is 1.86 bits per heavy atom. The quantitative estimate of drug-likeness (QED) is 0.325.